The number of anilines is 6. The summed E-state index contributed by atoms with van der Waals surface area (Å²) in [6, 6.07) is 68.2. The largest absolute Gasteiger partial charge is 0.456 e. The lowest BCUT2D eigenvalue weighted by Gasteiger charge is -2.47. The van der Waals surface area contributed by atoms with Gasteiger partial charge in [0.25, 0.3) is 13.4 Å². The van der Waals surface area contributed by atoms with Crippen LogP contribution in [0.3, 0.4) is 0 Å². The van der Waals surface area contributed by atoms with Crippen LogP contribution in [0.25, 0.3) is 22.3 Å². The summed E-state index contributed by atoms with van der Waals surface area (Å²) >= 11 is 0. The monoisotopic (exact) mass is 989 g/mol. The molecule has 0 fully saturated rings. The van der Waals surface area contributed by atoms with Crippen LogP contribution in [-0.2, 0) is 21.7 Å². The van der Waals surface area contributed by atoms with Gasteiger partial charge in [-0.1, -0.05) is 217 Å². The van der Waals surface area contributed by atoms with E-state index >= 15 is 0 Å². The van der Waals surface area contributed by atoms with Crippen molar-refractivity contribution in [2.75, 3.05) is 9.80 Å². The minimum atomic E-state index is -0.208. The Morgan fingerprint density at radius 1 is 0.316 bits per heavy atom. The highest BCUT2D eigenvalue weighted by atomic mass is 16.5. The number of fused-ring (bicyclic) bond motifs is 10. The molecule has 0 aromatic heterocycles. The Hall–Kier alpha value is -7.69. The molecule has 6 heteroatoms. The van der Waals surface area contributed by atoms with Crippen LogP contribution in [0.15, 0.2) is 182 Å². The highest BCUT2D eigenvalue weighted by molar-refractivity contribution is 7.02. The standard InChI is InChI=1S/C70H66B2N2O2/c1-67(2,3)47-25-31-51(32-26-47)73-57-35-29-49(69(7,8)9)41-53(57)71-55-39-45(43-19-15-13-16-20-43)24-38-60(55)76-66-61(71)63(73)65-62-64(66)74(52-33-27-48(28-34-52)68(4,5)6)58-36-30-50(70(10,11)12)42-54(58)72(62)56-40-46(23-37-59(56)75-65)44-21-17-14-18-22-44/h13-42H,1-12H3. The molecule has 0 bridgehead atoms. The number of benzene rings is 9. The molecule has 0 saturated carbocycles. The Kier molecular flexibility index (Phi) is 10.7. The zero-order chi connectivity index (χ0) is 52.8. The molecule has 0 saturated heterocycles. The predicted octanol–water partition coefficient (Wildman–Crippen LogP) is 15.0. The molecule has 0 atom stereocenters. The molecule has 0 radical (unpaired) electrons. The summed E-state index contributed by atoms with van der Waals surface area (Å²) in [7, 11) is 0. The average molecular weight is 989 g/mol. The molecule has 9 aromatic rings. The van der Waals surface area contributed by atoms with Gasteiger partial charge in [-0.3, -0.25) is 0 Å². The third-order valence-corrected chi connectivity index (χ3v) is 16.6. The summed E-state index contributed by atoms with van der Waals surface area (Å²) in [5, 5.41) is 0. The molecule has 374 valence electrons. The van der Waals surface area contributed by atoms with Gasteiger partial charge in [0, 0.05) is 33.7 Å². The lowest BCUT2D eigenvalue weighted by molar-refractivity contribution is 0.477. The maximum absolute atomic E-state index is 7.83. The van der Waals surface area contributed by atoms with E-state index < -0.39 is 0 Å². The number of hydrogen-bond donors (Lipinski definition) is 0. The Balaban J connectivity index is 1.19. The van der Waals surface area contributed by atoms with Crippen LogP contribution in [0.1, 0.15) is 105 Å². The van der Waals surface area contributed by atoms with Gasteiger partial charge in [0.05, 0.1) is 11.4 Å². The number of nitrogens with zero attached hydrogens (tertiary/aromatic N) is 2. The average Bonchev–Trinajstić information content (AvgIpc) is 2.83. The van der Waals surface area contributed by atoms with Crippen molar-refractivity contribution in [2.45, 2.75) is 105 Å². The maximum Gasteiger partial charge on any atom is 0.256 e. The number of hydrogen-bond acceptors (Lipinski definition) is 4. The van der Waals surface area contributed by atoms with Crippen molar-refractivity contribution in [1.29, 1.82) is 0 Å². The van der Waals surface area contributed by atoms with E-state index in [0.29, 0.717) is 0 Å². The Morgan fingerprint density at radius 3 is 1.00 bits per heavy atom. The van der Waals surface area contributed by atoms with Gasteiger partial charge in [0.1, 0.15) is 23.0 Å². The first kappa shape index (κ1) is 48.0. The van der Waals surface area contributed by atoms with Crippen LogP contribution in [0.5, 0.6) is 23.0 Å². The van der Waals surface area contributed by atoms with E-state index in [4.69, 9.17) is 9.47 Å². The Labute approximate surface area is 451 Å². The van der Waals surface area contributed by atoms with Crippen LogP contribution in [0.4, 0.5) is 34.1 Å². The topological polar surface area (TPSA) is 24.9 Å². The second kappa shape index (κ2) is 16.9. The smallest absolute Gasteiger partial charge is 0.256 e. The predicted molar refractivity (Wildman–Crippen MR) is 324 cm³/mol. The molecular weight excluding hydrogens is 922 g/mol. The van der Waals surface area contributed by atoms with Crippen molar-refractivity contribution >= 4 is 80.3 Å². The lowest BCUT2D eigenvalue weighted by Crippen LogP contribution is -2.64. The van der Waals surface area contributed by atoms with E-state index in [2.05, 4.69) is 275 Å². The minimum absolute atomic E-state index is 0.0253. The van der Waals surface area contributed by atoms with Gasteiger partial charge in [0.2, 0.25) is 0 Å². The number of rotatable bonds is 4. The molecule has 13 rings (SSSR count). The van der Waals surface area contributed by atoms with Crippen LogP contribution < -0.4 is 52.1 Å². The van der Waals surface area contributed by atoms with E-state index in [1.165, 1.54) is 44.3 Å². The molecule has 4 nitrogen and oxygen atoms in total. The molecule has 0 N–H and O–H groups in total. The normalized spacial score (nSPS) is 14.2. The van der Waals surface area contributed by atoms with Gasteiger partial charge in [-0.15, -0.1) is 0 Å². The zero-order valence-corrected chi connectivity index (χ0v) is 46.2. The fourth-order valence-electron chi connectivity index (χ4n) is 12.3. The molecule has 9 aromatic carbocycles. The lowest BCUT2D eigenvalue weighted by atomic mass is 9.31. The van der Waals surface area contributed by atoms with E-state index in [1.807, 2.05) is 0 Å². The van der Waals surface area contributed by atoms with Gasteiger partial charge in [-0.05, 0) is 137 Å². The van der Waals surface area contributed by atoms with Gasteiger partial charge in [-0.2, -0.15) is 0 Å². The van der Waals surface area contributed by atoms with Gasteiger partial charge in [-0.25, -0.2) is 0 Å². The van der Waals surface area contributed by atoms with Crippen LogP contribution >= 0.6 is 0 Å². The fraction of sp³-hybridized carbons (Fsp3) is 0.229. The molecule has 0 unspecified atom stereocenters. The van der Waals surface area contributed by atoms with E-state index in [-0.39, 0.29) is 35.1 Å². The quantitative estimate of drug-likeness (QED) is 0.164. The maximum atomic E-state index is 7.83. The summed E-state index contributed by atoms with van der Waals surface area (Å²) in [4.78, 5) is 5.02. The third kappa shape index (κ3) is 7.65. The SMILES string of the molecule is CC(C)(C)c1ccc(N2c3ccc(C(C)(C)C)cc3B3c4cc(-c5ccccc5)ccc4Oc4c3c2c2c3c4N(c4ccc(C(C)(C)C)cc4)c4ccc(C(C)(C)C)cc4B3c3cc(-c4ccccc4)ccc3O2)cc1. The first-order valence-corrected chi connectivity index (χ1v) is 27.3. The molecule has 76 heavy (non-hydrogen) atoms. The van der Waals surface area contributed by atoms with Crippen molar-refractivity contribution in [1.82, 2.24) is 0 Å². The minimum Gasteiger partial charge on any atom is -0.456 e. The Bertz CT molecular complexity index is 3550. The fourth-order valence-corrected chi connectivity index (χ4v) is 12.3. The summed E-state index contributed by atoms with van der Waals surface area (Å²) < 4.78 is 15.7. The van der Waals surface area contributed by atoms with Crippen molar-refractivity contribution in [3.05, 3.63) is 204 Å². The van der Waals surface area contributed by atoms with E-state index in [1.54, 1.807) is 0 Å². The van der Waals surface area contributed by atoms with Gasteiger partial charge < -0.3 is 19.3 Å². The molecule has 4 heterocycles. The molecule has 4 aliphatic heterocycles. The molecule has 4 aliphatic rings. The second-order valence-corrected chi connectivity index (χ2v) is 25.8. The van der Waals surface area contributed by atoms with Crippen LogP contribution in [0.2, 0.25) is 0 Å². The third-order valence-electron chi connectivity index (χ3n) is 16.6. The van der Waals surface area contributed by atoms with E-state index in [0.717, 1.165) is 90.1 Å². The summed E-state index contributed by atoms with van der Waals surface area (Å²) in [5.74, 6) is 3.46. The van der Waals surface area contributed by atoms with Crippen molar-refractivity contribution in [3.63, 3.8) is 0 Å². The van der Waals surface area contributed by atoms with Crippen molar-refractivity contribution in [2.24, 2.45) is 0 Å². The van der Waals surface area contributed by atoms with Crippen LogP contribution in [0, 0.1) is 0 Å². The zero-order valence-electron chi connectivity index (χ0n) is 46.2. The number of ether oxygens (including phenoxy) is 2. The van der Waals surface area contributed by atoms with Crippen molar-refractivity contribution in [3.8, 4) is 45.3 Å². The summed E-state index contributed by atoms with van der Waals surface area (Å²) in [5.41, 5.74) is 23.0. The van der Waals surface area contributed by atoms with Gasteiger partial charge in [0.15, 0.2) is 0 Å². The van der Waals surface area contributed by atoms with E-state index in [9.17, 15) is 0 Å². The highest BCUT2D eigenvalue weighted by Crippen LogP contribution is 2.54. The van der Waals surface area contributed by atoms with Crippen LogP contribution in [-0.4, -0.2) is 13.4 Å². The highest BCUT2D eigenvalue weighted by Gasteiger charge is 2.52. The first-order valence-electron chi connectivity index (χ1n) is 27.3. The molecule has 0 spiro atoms. The molecule has 0 aliphatic carbocycles. The molecule has 0 amide bonds. The molecular formula is C70H66B2N2O2. The second-order valence-electron chi connectivity index (χ2n) is 25.8. The Morgan fingerprint density at radius 2 is 0.658 bits per heavy atom. The summed E-state index contributed by atoms with van der Waals surface area (Å²) in [6.07, 6.45) is 0. The first-order chi connectivity index (χ1) is 36.2. The van der Waals surface area contributed by atoms with Gasteiger partial charge >= 0.3 is 0 Å². The summed E-state index contributed by atoms with van der Waals surface area (Å²) in [6.45, 7) is 27.3. The van der Waals surface area contributed by atoms with Crippen molar-refractivity contribution < 1.29 is 9.47 Å².